The number of likely N-dealkylation sites (N-methyl/N-ethyl adjacent to an activating group) is 1. The Kier molecular flexibility index (Phi) is 5.95. The summed E-state index contributed by atoms with van der Waals surface area (Å²) in [4.78, 5) is 2.40. The van der Waals surface area contributed by atoms with E-state index in [-0.39, 0.29) is 23.3 Å². The van der Waals surface area contributed by atoms with E-state index in [0.29, 0.717) is 44.3 Å². The van der Waals surface area contributed by atoms with Gasteiger partial charge in [-0.15, -0.1) is 12.4 Å². The van der Waals surface area contributed by atoms with Crippen LogP contribution in [0, 0.1) is 0 Å². The maximum Gasteiger partial charge on any atom is 0.243 e. The fourth-order valence-electron chi connectivity index (χ4n) is 3.46. The Labute approximate surface area is 166 Å². The van der Waals surface area contributed by atoms with Gasteiger partial charge in [0.05, 0.1) is 10.9 Å². The lowest BCUT2D eigenvalue weighted by Crippen LogP contribution is -2.49. The average molecular weight is 411 g/mol. The maximum atomic E-state index is 13.4. The molecule has 0 aliphatic carbocycles. The number of fused-ring (bicyclic) bond motifs is 1. The minimum absolute atomic E-state index is 0. The van der Waals surface area contributed by atoms with E-state index in [1.165, 1.54) is 0 Å². The molecule has 2 heterocycles. The second-order valence-electron chi connectivity index (χ2n) is 6.61. The zero-order valence-corrected chi connectivity index (χ0v) is 16.7. The van der Waals surface area contributed by atoms with Crippen LogP contribution in [0.2, 0.25) is 0 Å². The Hall–Kier alpha value is -1.80. The van der Waals surface area contributed by atoms with Crippen LogP contribution in [0.25, 0.3) is 0 Å². The first-order chi connectivity index (χ1) is 12.6. The fourth-order valence-corrected chi connectivity index (χ4v) is 5.07. The normalized spacial score (nSPS) is 20.7. The van der Waals surface area contributed by atoms with Crippen molar-refractivity contribution >= 4 is 22.4 Å². The third-order valence-corrected chi connectivity index (χ3v) is 6.74. The van der Waals surface area contributed by atoms with E-state index >= 15 is 0 Å². The molecule has 0 radical (unpaired) electrons. The van der Waals surface area contributed by atoms with Crippen LogP contribution in [-0.4, -0.2) is 57.5 Å². The first-order valence-corrected chi connectivity index (χ1v) is 10.1. The zero-order valence-electron chi connectivity index (χ0n) is 15.1. The molecule has 1 saturated heterocycles. The van der Waals surface area contributed by atoms with Gasteiger partial charge in [0.25, 0.3) is 0 Å². The van der Waals surface area contributed by atoms with Gasteiger partial charge in [0.2, 0.25) is 10.0 Å². The smallest absolute Gasteiger partial charge is 0.243 e. The molecule has 27 heavy (non-hydrogen) atoms. The second kappa shape index (κ2) is 8.06. The largest absolute Gasteiger partial charge is 0.486 e. The van der Waals surface area contributed by atoms with E-state index in [2.05, 4.69) is 4.90 Å². The minimum atomic E-state index is -3.65. The van der Waals surface area contributed by atoms with E-state index in [0.717, 1.165) is 5.56 Å². The van der Waals surface area contributed by atoms with Gasteiger partial charge in [-0.3, -0.25) is 0 Å². The van der Waals surface area contributed by atoms with Crippen LogP contribution in [0.5, 0.6) is 11.5 Å². The Balaban J connectivity index is 0.00000210. The van der Waals surface area contributed by atoms with Crippen molar-refractivity contribution in [2.45, 2.75) is 10.9 Å². The molecule has 1 unspecified atom stereocenters. The number of hydrogen-bond acceptors (Lipinski definition) is 5. The SMILES string of the molecule is CN1CCN(S(=O)(=O)c2ccc3c(c2)OCCO3)C(c2ccccc2)C1.Cl. The van der Waals surface area contributed by atoms with Crippen LogP contribution < -0.4 is 9.47 Å². The molecule has 8 heteroatoms. The molecule has 2 aromatic carbocycles. The molecule has 1 atom stereocenters. The molecular weight excluding hydrogens is 388 g/mol. The summed E-state index contributed by atoms with van der Waals surface area (Å²) in [7, 11) is -1.63. The highest BCUT2D eigenvalue weighted by Crippen LogP contribution is 2.36. The highest BCUT2D eigenvalue weighted by atomic mass is 35.5. The number of hydrogen-bond donors (Lipinski definition) is 0. The quantitative estimate of drug-likeness (QED) is 0.778. The summed E-state index contributed by atoms with van der Waals surface area (Å²) in [5.41, 5.74) is 1.00. The third-order valence-electron chi connectivity index (χ3n) is 4.84. The summed E-state index contributed by atoms with van der Waals surface area (Å²) in [6, 6.07) is 14.4. The fraction of sp³-hybridized carbons (Fsp3) is 0.368. The number of nitrogens with zero attached hydrogens (tertiary/aromatic N) is 2. The van der Waals surface area contributed by atoms with Gasteiger partial charge >= 0.3 is 0 Å². The Bertz CT molecular complexity index is 892. The predicted octanol–water partition coefficient (Wildman–Crippen LogP) is 2.56. The van der Waals surface area contributed by atoms with Gasteiger partial charge in [0.15, 0.2) is 11.5 Å². The first-order valence-electron chi connectivity index (χ1n) is 8.71. The van der Waals surface area contributed by atoms with Crippen LogP contribution >= 0.6 is 12.4 Å². The molecule has 6 nitrogen and oxygen atoms in total. The summed E-state index contributed by atoms with van der Waals surface area (Å²) in [5.74, 6) is 1.08. The van der Waals surface area contributed by atoms with Gasteiger partial charge in [-0.1, -0.05) is 30.3 Å². The number of ether oxygens (including phenoxy) is 2. The molecule has 4 rings (SSSR count). The molecule has 0 spiro atoms. The standard InChI is InChI=1S/C19H22N2O4S.ClH/c1-20-9-10-21(17(14-20)15-5-3-2-4-6-15)26(22,23)16-7-8-18-19(13-16)25-12-11-24-18;/h2-8,13,17H,9-12,14H2,1H3;1H. The van der Waals surface area contributed by atoms with E-state index in [1.807, 2.05) is 37.4 Å². The molecule has 146 valence electrons. The summed E-state index contributed by atoms with van der Waals surface area (Å²) >= 11 is 0. The van der Waals surface area contributed by atoms with Gasteiger partial charge in [-0.2, -0.15) is 4.31 Å². The summed E-state index contributed by atoms with van der Waals surface area (Å²) in [6.45, 7) is 2.72. The minimum Gasteiger partial charge on any atom is -0.486 e. The molecule has 0 saturated carbocycles. The van der Waals surface area contributed by atoms with Gasteiger partial charge in [0.1, 0.15) is 13.2 Å². The van der Waals surface area contributed by atoms with Crippen molar-refractivity contribution in [2.24, 2.45) is 0 Å². The van der Waals surface area contributed by atoms with Crippen molar-refractivity contribution < 1.29 is 17.9 Å². The van der Waals surface area contributed by atoms with Crippen molar-refractivity contribution in [3.63, 3.8) is 0 Å². The predicted molar refractivity (Wildman–Crippen MR) is 105 cm³/mol. The molecule has 2 aromatic rings. The van der Waals surface area contributed by atoms with Gasteiger partial charge in [-0.25, -0.2) is 8.42 Å². The average Bonchev–Trinajstić information content (AvgIpc) is 2.68. The molecule has 0 bridgehead atoms. The highest BCUT2D eigenvalue weighted by molar-refractivity contribution is 7.89. The van der Waals surface area contributed by atoms with E-state index in [4.69, 9.17) is 9.47 Å². The lowest BCUT2D eigenvalue weighted by molar-refractivity contribution is 0.160. The number of halogens is 1. The lowest BCUT2D eigenvalue weighted by atomic mass is 10.1. The molecule has 2 aliphatic rings. The van der Waals surface area contributed by atoms with Crippen LogP contribution in [0.4, 0.5) is 0 Å². The van der Waals surface area contributed by atoms with Crippen LogP contribution in [0.3, 0.4) is 0 Å². The number of sulfonamides is 1. The van der Waals surface area contributed by atoms with Gasteiger partial charge in [0, 0.05) is 25.7 Å². The number of benzene rings is 2. The van der Waals surface area contributed by atoms with Gasteiger partial charge < -0.3 is 14.4 Å². The summed E-state index contributed by atoms with van der Waals surface area (Å²) < 4.78 is 39.4. The van der Waals surface area contributed by atoms with Crippen LogP contribution in [0.1, 0.15) is 11.6 Å². The highest BCUT2D eigenvalue weighted by Gasteiger charge is 2.36. The van der Waals surface area contributed by atoms with Crippen molar-refractivity contribution in [1.29, 1.82) is 0 Å². The van der Waals surface area contributed by atoms with Gasteiger partial charge in [-0.05, 0) is 24.7 Å². The third kappa shape index (κ3) is 3.91. The van der Waals surface area contributed by atoms with Crippen molar-refractivity contribution in [2.75, 3.05) is 39.9 Å². The van der Waals surface area contributed by atoms with Crippen molar-refractivity contribution in [3.05, 3.63) is 54.1 Å². The van der Waals surface area contributed by atoms with E-state index < -0.39 is 10.0 Å². The van der Waals surface area contributed by atoms with E-state index in [9.17, 15) is 8.42 Å². The molecule has 0 amide bonds. The number of piperazine rings is 1. The monoisotopic (exact) mass is 410 g/mol. The molecule has 0 aromatic heterocycles. The number of rotatable bonds is 3. The van der Waals surface area contributed by atoms with Crippen LogP contribution in [-0.2, 0) is 10.0 Å². The van der Waals surface area contributed by atoms with Crippen molar-refractivity contribution in [3.8, 4) is 11.5 Å². The first kappa shape index (κ1) is 19.9. The Morgan fingerprint density at radius 1 is 0.963 bits per heavy atom. The zero-order chi connectivity index (χ0) is 18.1. The van der Waals surface area contributed by atoms with Crippen LogP contribution in [0.15, 0.2) is 53.4 Å². The topological polar surface area (TPSA) is 59.1 Å². The van der Waals surface area contributed by atoms with Crippen molar-refractivity contribution in [1.82, 2.24) is 9.21 Å². The molecule has 1 fully saturated rings. The second-order valence-corrected chi connectivity index (χ2v) is 8.50. The molecule has 0 N–H and O–H groups in total. The lowest BCUT2D eigenvalue weighted by Gasteiger charge is -2.39. The van der Waals surface area contributed by atoms with E-state index in [1.54, 1.807) is 22.5 Å². The summed E-state index contributed by atoms with van der Waals surface area (Å²) in [6.07, 6.45) is 0. The molecular formula is C19H23ClN2O4S. The summed E-state index contributed by atoms with van der Waals surface area (Å²) in [5, 5.41) is 0. The molecule has 2 aliphatic heterocycles. The Morgan fingerprint density at radius 3 is 2.41 bits per heavy atom. The maximum absolute atomic E-state index is 13.4. The Morgan fingerprint density at radius 2 is 1.67 bits per heavy atom.